The molecule has 0 spiro atoms. The van der Waals surface area contributed by atoms with E-state index in [0.29, 0.717) is 11.0 Å². The van der Waals surface area contributed by atoms with Gasteiger partial charge in [0.2, 0.25) is 0 Å². The van der Waals surface area contributed by atoms with Gasteiger partial charge in [0.15, 0.2) is 0 Å². The second-order valence-corrected chi connectivity index (χ2v) is 13.9. The van der Waals surface area contributed by atoms with Crippen molar-refractivity contribution < 1.29 is 4.79 Å². The van der Waals surface area contributed by atoms with Gasteiger partial charge in [-0.3, -0.25) is 0 Å². The molecule has 0 saturated carbocycles. The topological polar surface area (TPSA) is 17.1 Å². The van der Waals surface area contributed by atoms with E-state index in [9.17, 15) is 4.79 Å². The predicted molar refractivity (Wildman–Crippen MR) is 109 cm³/mol. The second-order valence-electron chi connectivity index (χ2n) is 6.60. The molecule has 2 heteroatoms. The first-order valence-corrected chi connectivity index (χ1v) is 12.9. The first-order chi connectivity index (χ1) is 12.1. The van der Waals surface area contributed by atoms with Crippen molar-refractivity contribution in [2.24, 2.45) is 5.92 Å². The molecule has 0 unspecified atom stereocenters. The van der Waals surface area contributed by atoms with Crippen molar-refractivity contribution in [3.05, 3.63) is 91.0 Å². The molecule has 0 saturated heterocycles. The Morgan fingerprint density at radius 3 is 1.28 bits per heavy atom. The molecule has 25 heavy (non-hydrogen) atoms. The minimum atomic E-state index is -2.86. The monoisotopic (exact) mass is 391 g/mol. The minimum absolute atomic E-state index is 0.0527. The Kier molecular flexibility index (Phi) is 5.56. The van der Waals surface area contributed by atoms with Gasteiger partial charge in [0.1, 0.15) is 0 Å². The summed E-state index contributed by atoms with van der Waals surface area (Å²) >= 11 is -2.86. The van der Waals surface area contributed by atoms with Crippen LogP contribution in [0.1, 0.15) is 13.8 Å². The van der Waals surface area contributed by atoms with Gasteiger partial charge in [-0.15, -0.1) is 0 Å². The normalized spacial score (nSPS) is 11.5. The first-order valence-electron chi connectivity index (χ1n) is 8.72. The third kappa shape index (κ3) is 3.62. The van der Waals surface area contributed by atoms with Crippen molar-refractivity contribution >= 4 is 32.4 Å². The van der Waals surface area contributed by atoms with Gasteiger partial charge in [-0.25, -0.2) is 0 Å². The van der Waals surface area contributed by atoms with E-state index in [2.05, 4.69) is 72.8 Å². The van der Waals surface area contributed by atoms with Crippen molar-refractivity contribution in [3.8, 4) is 0 Å². The standard InChI is InChI=1S/C23H24AsO/c1-19(2)23(25)18-24(20-12-6-3-7-13-20,21-14-8-4-9-15-21)22-16-10-5-11-17-22/h3-17,19H,18H2,1-2H3/q+1. The fourth-order valence-electron chi connectivity index (χ4n) is 3.18. The fraction of sp³-hybridized carbons (Fsp3) is 0.174. The quantitative estimate of drug-likeness (QED) is 0.589. The van der Waals surface area contributed by atoms with Gasteiger partial charge in [-0.05, 0) is 0 Å². The molecule has 126 valence electrons. The Morgan fingerprint density at radius 2 is 1.00 bits per heavy atom. The number of rotatable bonds is 6. The van der Waals surface area contributed by atoms with Crippen LogP contribution >= 0.6 is 0 Å². The van der Waals surface area contributed by atoms with E-state index in [1.165, 1.54) is 13.1 Å². The van der Waals surface area contributed by atoms with Crippen LogP contribution in [0.5, 0.6) is 0 Å². The molecule has 3 aromatic carbocycles. The van der Waals surface area contributed by atoms with E-state index in [0.717, 1.165) is 0 Å². The zero-order valence-electron chi connectivity index (χ0n) is 14.8. The molecular weight excluding hydrogens is 367 g/mol. The number of hydrogen-bond acceptors (Lipinski definition) is 1. The molecule has 0 N–H and O–H groups in total. The van der Waals surface area contributed by atoms with Crippen molar-refractivity contribution in [1.29, 1.82) is 0 Å². The summed E-state index contributed by atoms with van der Waals surface area (Å²) in [7, 11) is 0. The third-order valence-corrected chi connectivity index (χ3v) is 13.7. The van der Waals surface area contributed by atoms with Gasteiger partial charge in [-0.2, -0.15) is 0 Å². The molecule has 0 amide bonds. The first kappa shape index (κ1) is 17.7. The van der Waals surface area contributed by atoms with Gasteiger partial charge >= 0.3 is 153 Å². The predicted octanol–water partition coefficient (Wildman–Crippen LogP) is 3.38. The van der Waals surface area contributed by atoms with E-state index in [4.69, 9.17) is 0 Å². The van der Waals surface area contributed by atoms with Crippen LogP contribution in [0.15, 0.2) is 91.0 Å². The van der Waals surface area contributed by atoms with E-state index < -0.39 is 13.6 Å². The molecule has 0 fully saturated rings. The van der Waals surface area contributed by atoms with E-state index in [-0.39, 0.29) is 5.92 Å². The van der Waals surface area contributed by atoms with Crippen molar-refractivity contribution in [3.63, 3.8) is 0 Å². The molecule has 1 nitrogen and oxygen atoms in total. The molecule has 0 atom stereocenters. The van der Waals surface area contributed by atoms with Crippen molar-refractivity contribution in [2.45, 2.75) is 19.1 Å². The van der Waals surface area contributed by atoms with Gasteiger partial charge in [-0.1, -0.05) is 0 Å². The van der Waals surface area contributed by atoms with Gasteiger partial charge < -0.3 is 0 Å². The summed E-state index contributed by atoms with van der Waals surface area (Å²) in [6.45, 7) is 4.02. The fourth-order valence-corrected chi connectivity index (χ4v) is 12.2. The summed E-state index contributed by atoms with van der Waals surface area (Å²) in [5.41, 5.74) is 0. The average molecular weight is 391 g/mol. The molecule has 0 aliphatic carbocycles. The zero-order valence-corrected chi connectivity index (χ0v) is 16.7. The number of hydrogen-bond donors (Lipinski definition) is 0. The summed E-state index contributed by atoms with van der Waals surface area (Å²) in [5.74, 6) is 0.404. The summed E-state index contributed by atoms with van der Waals surface area (Å²) in [6.07, 6.45) is 0. The number of benzene rings is 3. The van der Waals surface area contributed by atoms with Crippen LogP contribution in [0.25, 0.3) is 0 Å². The Balaban J connectivity index is 2.29. The van der Waals surface area contributed by atoms with Crippen LogP contribution < -0.4 is 13.1 Å². The Hall–Kier alpha value is -2.11. The Bertz CT molecular complexity index is 714. The van der Waals surface area contributed by atoms with Gasteiger partial charge in [0.05, 0.1) is 0 Å². The molecule has 0 radical (unpaired) electrons. The molecule has 0 heterocycles. The number of Topliss-reactive ketones (excluding diaryl/α,β-unsaturated/α-hetero) is 1. The molecule has 0 aliphatic heterocycles. The number of carbonyl (C=O) groups excluding carboxylic acids is 1. The van der Waals surface area contributed by atoms with Crippen LogP contribution in [0, 0.1) is 5.92 Å². The Morgan fingerprint density at radius 1 is 0.680 bits per heavy atom. The van der Waals surface area contributed by atoms with Gasteiger partial charge in [0.25, 0.3) is 0 Å². The van der Waals surface area contributed by atoms with Crippen LogP contribution in [-0.4, -0.2) is 19.3 Å². The van der Waals surface area contributed by atoms with Crippen LogP contribution in [0.3, 0.4) is 0 Å². The summed E-state index contributed by atoms with van der Waals surface area (Å²) < 4.78 is 3.98. The van der Waals surface area contributed by atoms with Gasteiger partial charge in [0, 0.05) is 0 Å². The molecule has 0 aromatic heterocycles. The molecular formula is C23H24AsO+. The van der Waals surface area contributed by atoms with Crippen molar-refractivity contribution in [1.82, 2.24) is 0 Å². The maximum atomic E-state index is 12.9. The number of carbonyl (C=O) groups is 1. The molecule has 3 rings (SSSR count). The second kappa shape index (κ2) is 7.85. The van der Waals surface area contributed by atoms with E-state index >= 15 is 0 Å². The van der Waals surface area contributed by atoms with Crippen molar-refractivity contribution in [2.75, 3.05) is 0 Å². The van der Waals surface area contributed by atoms with E-state index in [1.54, 1.807) is 0 Å². The molecule has 3 aromatic rings. The maximum absolute atomic E-state index is 12.9. The molecule has 0 aliphatic rings. The Labute approximate surface area is 153 Å². The summed E-state index contributed by atoms with van der Waals surface area (Å²) in [5, 5.41) is 0.633. The van der Waals surface area contributed by atoms with Crippen LogP contribution in [0.2, 0.25) is 5.21 Å². The van der Waals surface area contributed by atoms with E-state index in [1.807, 2.05) is 32.0 Å². The third-order valence-electron chi connectivity index (χ3n) is 4.63. The summed E-state index contributed by atoms with van der Waals surface area (Å²) in [6, 6.07) is 32.0. The number of ketones is 1. The average Bonchev–Trinajstić information content (AvgIpc) is 2.68. The zero-order chi connectivity index (χ0) is 17.7. The van der Waals surface area contributed by atoms with Crippen LogP contribution in [0.4, 0.5) is 0 Å². The molecule has 0 bridgehead atoms. The SMILES string of the molecule is CC(C)C(=O)C[As+](c1ccccc1)(c1ccccc1)c1ccccc1. The summed E-state index contributed by atoms with van der Waals surface area (Å²) in [4.78, 5) is 12.9. The van der Waals surface area contributed by atoms with Crippen LogP contribution in [-0.2, 0) is 4.79 Å².